The van der Waals surface area contributed by atoms with E-state index in [1.165, 1.54) is 13.2 Å². The van der Waals surface area contributed by atoms with E-state index in [9.17, 15) is 9.90 Å². The Morgan fingerprint density at radius 1 is 1.16 bits per heavy atom. The van der Waals surface area contributed by atoms with Crippen molar-refractivity contribution in [2.24, 2.45) is 0 Å². The lowest BCUT2D eigenvalue weighted by Gasteiger charge is -2.09. The van der Waals surface area contributed by atoms with Crippen LogP contribution in [0.3, 0.4) is 0 Å². The zero-order valence-corrected chi connectivity index (χ0v) is 15.0. The number of carbonyl (C=O) groups is 1. The molecule has 0 bridgehead atoms. The Bertz CT molecular complexity index is 799. The third kappa shape index (κ3) is 4.45. The standard InChI is InChI=1S/C19H19ClO5/c1-4-25-18-10-12(9-15(20)19(18)22)5-8-16(21)14-7-6-13(23-2)11-17(14)24-3/h5-11,22H,4H2,1-3H3/b8-5+. The van der Waals surface area contributed by atoms with Crippen molar-refractivity contribution in [2.75, 3.05) is 20.8 Å². The number of aromatic hydroxyl groups is 1. The molecule has 2 aromatic rings. The van der Waals surface area contributed by atoms with Gasteiger partial charge < -0.3 is 19.3 Å². The number of hydrogen-bond acceptors (Lipinski definition) is 5. The van der Waals surface area contributed by atoms with Gasteiger partial charge in [-0.25, -0.2) is 0 Å². The predicted molar refractivity (Wildman–Crippen MR) is 97.2 cm³/mol. The number of rotatable bonds is 7. The normalized spacial score (nSPS) is 10.7. The number of benzene rings is 2. The van der Waals surface area contributed by atoms with E-state index in [1.54, 1.807) is 50.4 Å². The van der Waals surface area contributed by atoms with Crippen molar-refractivity contribution in [1.29, 1.82) is 0 Å². The van der Waals surface area contributed by atoms with Crippen molar-refractivity contribution in [1.82, 2.24) is 0 Å². The zero-order chi connectivity index (χ0) is 18.4. The fourth-order valence-electron chi connectivity index (χ4n) is 2.22. The molecule has 0 atom stereocenters. The smallest absolute Gasteiger partial charge is 0.189 e. The highest BCUT2D eigenvalue weighted by atomic mass is 35.5. The van der Waals surface area contributed by atoms with Crippen LogP contribution >= 0.6 is 11.6 Å². The van der Waals surface area contributed by atoms with Crippen molar-refractivity contribution >= 4 is 23.5 Å². The summed E-state index contributed by atoms with van der Waals surface area (Å²) < 4.78 is 15.7. The number of allylic oxidation sites excluding steroid dienone is 1. The van der Waals surface area contributed by atoms with Crippen LogP contribution in [0.5, 0.6) is 23.0 Å². The Hall–Kier alpha value is -2.66. The number of halogens is 1. The molecule has 0 amide bonds. The van der Waals surface area contributed by atoms with Crippen LogP contribution < -0.4 is 14.2 Å². The number of ether oxygens (including phenoxy) is 3. The number of phenols is 1. The summed E-state index contributed by atoms with van der Waals surface area (Å²) in [6.45, 7) is 2.19. The van der Waals surface area contributed by atoms with Crippen molar-refractivity contribution in [3.8, 4) is 23.0 Å². The van der Waals surface area contributed by atoms with Gasteiger partial charge in [0.25, 0.3) is 0 Å². The van der Waals surface area contributed by atoms with Crippen LogP contribution in [0.15, 0.2) is 36.4 Å². The summed E-state index contributed by atoms with van der Waals surface area (Å²) in [4.78, 5) is 12.4. The molecular formula is C19H19ClO5. The van der Waals surface area contributed by atoms with Crippen molar-refractivity contribution in [2.45, 2.75) is 6.92 Å². The second-order valence-corrected chi connectivity index (χ2v) is 5.45. The molecule has 1 N–H and O–H groups in total. The van der Waals surface area contributed by atoms with Gasteiger partial charge in [0.05, 0.1) is 31.4 Å². The lowest BCUT2D eigenvalue weighted by molar-refractivity contribution is 0.104. The molecule has 2 aromatic carbocycles. The van der Waals surface area contributed by atoms with Gasteiger partial charge in [-0.2, -0.15) is 0 Å². The van der Waals surface area contributed by atoms with Crippen LogP contribution in [0.4, 0.5) is 0 Å². The molecule has 25 heavy (non-hydrogen) atoms. The van der Waals surface area contributed by atoms with E-state index in [0.717, 1.165) is 0 Å². The summed E-state index contributed by atoms with van der Waals surface area (Å²) in [5, 5.41) is 10.0. The Labute approximate surface area is 151 Å². The summed E-state index contributed by atoms with van der Waals surface area (Å²) in [6, 6.07) is 8.13. The molecule has 0 aliphatic carbocycles. The fourth-order valence-corrected chi connectivity index (χ4v) is 2.44. The van der Waals surface area contributed by atoms with Gasteiger partial charge in [-0.15, -0.1) is 0 Å². The SMILES string of the molecule is CCOc1cc(/C=C/C(=O)c2ccc(OC)cc2OC)cc(Cl)c1O. The van der Waals surface area contributed by atoms with Crippen molar-refractivity contribution in [3.63, 3.8) is 0 Å². The van der Waals surface area contributed by atoms with Crippen molar-refractivity contribution < 1.29 is 24.1 Å². The summed E-state index contributed by atoms with van der Waals surface area (Å²) in [7, 11) is 3.03. The van der Waals surface area contributed by atoms with Crippen LogP contribution in [0.1, 0.15) is 22.8 Å². The largest absolute Gasteiger partial charge is 0.503 e. The highest BCUT2D eigenvalue weighted by Crippen LogP contribution is 2.35. The fraction of sp³-hybridized carbons (Fsp3) is 0.211. The molecule has 0 aromatic heterocycles. The molecule has 2 rings (SSSR count). The maximum atomic E-state index is 12.4. The average Bonchev–Trinajstić information content (AvgIpc) is 2.63. The Balaban J connectivity index is 2.29. The lowest BCUT2D eigenvalue weighted by atomic mass is 10.1. The maximum Gasteiger partial charge on any atom is 0.189 e. The molecule has 0 fully saturated rings. The van der Waals surface area contributed by atoms with E-state index >= 15 is 0 Å². The van der Waals surface area contributed by atoms with Gasteiger partial charge in [0.15, 0.2) is 17.3 Å². The monoisotopic (exact) mass is 362 g/mol. The maximum absolute atomic E-state index is 12.4. The third-order valence-corrected chi connectivity index (χ3v) is 3.74. The zero-order valence-electron chi connectivity index (χ0n) is 14.2. The average molecular weight is 363 g/mol. The molecule has 0 aliphatic rings. The van der Waals surface area contributed by atoms with E-state index in [-0.39, 0.29) is 22.3 Å². The van der Waals surface area contributed by atoms with Gasteiger partial charge >= 0.3 is 0 Å². The molecule has 5 nitrogen and oxygen atoms in total. The quantitative estimate of drug-likeness (QED) is 0.585. The highest BCUT2D eigenvalue weighted by molar-refractivity contribution is 6.32. The summed E-state index contributed by atoms with van der Waals surface area (Å²) in [5.41, 5.74) is 1.04. The summed E-state index contributed by atoms with van der Waals surface area (Å²) >= 11 is 5.99. The summed E-state index contributed by atoms with van der Waals surface area (Å²) in [5.74, 6) is 0.936. The first-order chi connectivity index (χ1) is 12.0. The molecule has 0 unspecified atom stereocenters. The highest BCUT2D eigenvalue weighted by Gasteiger charge is 2.12. The molecule has 0 spiro atoms. The minimum Gasteiger partial charge on any atom is -0.503 e. The van der Waals surface area contributed by atoms with Gasteiger partial charge in [-0.05, 0) is 42.8 Å². The van der Waals surface area contributed by atoms with Gasteiger partial charge in [0, 0.05) is 6.07 Å². The van der Waals surface area contributed by atoms with Crippen LogP contribution in [0.25, 0.3) is 6.08 Å². The topological polar surface area (TPSA) is 65.0 Å². The van der Waals surface area contributed by atoms with Gasteiger partial charge in [-0.1, -0.05) is 17.7 Å². The molecular weight excluding hydrogens is 344 g/mol. The molecule has 0 saturated carbocycles. The van der Waals surface area contributed by atoms with Gasteiger partial charge in [0.1, 0.15) is 11.5 Å². The molecule has 6 heteroatoms. The Kier molecular flexibility index (Phi) is 6.31. The van der Waals surface area contributed by atoms with Crippen LogP contribution in [0.2, 0.25) is 5.02 Å². The van der Waals surface area contributed by atoms with E-state index in [0.29, 0.717) is 29.2 Å². The van der Waals surface area contributed by atoms with Crippen LogP contribution in [-0.4, -0.2) is 31.7 Å². The van der Waals surface area contributed by atoms with Crippen LogP contribution in [-0.2, 0) is 0 Å². The first kappa shape index (κ1) is 18.7. The number of methoxy groups -OCH3 is 2. The second kappa shape index (κ2) is 8.44. The lowest BCUT2D eigenvalue weighted by Crippen LogP contribution is -1.99. The van der Waals surface area contributed by atoms with Gasteiger partial charge in [0.2, 0.25) is 0 Å². The van der Waals surface area contributed by atoms with E-state index in [2.05, 4.69) is 0 Å². The second-order valence-electron chi connectivity index (χ2n) is 5.05. The molecule has 0 heterocycles. The minimum absolute atomic E-state index is 0.121. The Morgan fingerprint density at radius 3 is 2.56 bits per heavy atom. The van der Waals surface area contributed by atoms with E-state index < -0.39 is 0 Å². The van der Waals surface area contributed by atoms with E-state index in [1.807, 2.05) is 0 Å². The molecule has 0 radical (unpaired) electrons. The molecule has 132 valence electrons. The summed E-state index contributed by atoms with van der Waals surface area (Å²) in [6.07, 6.45) is 3.00. The number of hydrogen-bond donors (Lipinski definition) is 1. The van der Waals surface area contributed by atoms with Gasteiger partial charge in [-0.3, -0.25) is 4.79 Å². The first-order valence-electron chi connectivity index (χ1n) is 7.59. The van der Waals surface area contributed by atoms with E-state index in [4.69, 9.17) is 25.8 Å². The Morgan fingerprint density at radius 2 is 1.92 bits per heavy atom. The molecule has 0 aliphatic heterocycles. The minimum atomic E-state index is -0.235. The number of phenolic OH excluding ortho intramolecular Hbond substituents is 1. The van der Waals surface area contributed by atoms with Crippen molar-refractivity contribution in [3.05, 3.63) is 52.6 Å². The first-order valence-corrected chi connectivity index (χ1v) is 7.97. The number of ketones is 1. The predicted octanol–water partition coefficient (Wildman–Crippen LogP) is 4.36. The third-order valence-electron chi connectivity index (χ3n) is 3.45. The van der Waals surface area contributed by atoms with Crippen LogP contribution in [0, 0.1) is 0 Å². The molecule has 0 saturated heterocycles. The number of carbonyl (C=O) groups excluding carboxylic acids is 1.